The first-order valence-corrected chi connectivity index (χ1v) is 7.24. The average molecular weight is 314 g/mol. The average Bonchev–Trinajstić information content (AvgIpc) is 2.47. The lowest BCUT2D eigenvalue weighted by atomic mass is 10.1. The Balaban J connectivity index is 2.07. The first-order valence-electron chi connectivity index (χ1n) is 7.24. The second-order valence-electron chi connectivity index (χ2n) is 5.31. The fourth-order valence-electron chi connectivity index (χ4n) is 2.14. The number of hydrogen-bond donors (Lipinski definition) is 1. The summed E-state index contributed by atoms with van der Waals surface area (Å²) in [6.07, 6.45) is -0.0280. The maximum atomic E-state index is 12.1. The van der Waals surface area contributed by atoms with Gasteiger partial charge in [-0.1, -0.05) is 24.3 Å². The van der Waals surface area contributed by atoms with E-state index in [1.165, 1.54) is 6.07 Å². The highest BCUT2D eigenvalue weighted by atomic mass is 16.6. The summed E-state index contributed by atoms with van der Waals surface area (Å²) in [5.74, 6) is 0.337. The molecule has 0 aromatic heterocycles. The summed E-state index contributed by atoms with van der Waals surface area (Å²) in [5, 5.41) is 13.7. The van der Waals surface area contributed by atoms with Crippen molar-refractivity contribution in [3.63, 3.8) is 0 Å². The minimum atomic E-state index is -0.486. The van der Waals surface area contributed by atoms with Crippen LogP contribution in [0, 0.1) is 10.1 Å². The van der Waals surface area contributed by atoms with Crippen LogP contribution in [-0.2, 0) is 11.2 Å². The summed E-state index contributed by atoms with van der Waals surface area (Å²) in [6, 6.07) is 13.3. The zero-order chi connectivity index (χ0) is 16.8. The Hall–Kier alpha value is -2.89. The molecule has 0 radical (unpaired) electrons. The van der Waals surface area contributed by atoms with E-state index < -0.39 is 4.92 Å². The van der Waals surface area contributed by atoms with Crippen LogP contribution in [0.3, 0.4) is 0 Å². The largest absolute Gasteiger partial charge is 0.491 e. The Kier molecular flexibility index (Phi) is 5.30. The summed E-state index contributed by atoms with van der Waals surface area (Å²) < 4.78 is 5.56. The minimum absolute atomic E-state index is 0.0351. The van der Waals surface area contributed by atoms with E-state index in [-0.39, 0.29) is 24.1 Å². The summed E-state index contributed by atoms with van der Waals surface area (Å²) in [4.78, 5) is 22.6. The van der Waals surface area contributed by atoms with Gasteiger partial charge in [-0.15, -0.1) is 0 Å². The fraction of sp³-hybridized carbons (Fsp3) is 0.235. The van der Waals surface area contributed by atoms with E-state index in [1.807, 2.05) is 13.8 Å². The number of benzene rings is 2. The van der Waals surface area contributed by atoms with Gasteiger partial charge in [-0.05, 0) is 26.0 Å². The van der Waals surface area contributed by atoms with Crippen LogP contribution in [0.2, 0.25) is 0 Å². The highest BCUT2D eigenvalue weighted by Crippen LogP contribution is 2.21. The maximum absolute atomic E-state index is 12.1. The highest BCUT2D eigenvalue weighted by Gasteiger charge is 2.15. The molecule has 6 nitrogen and oxygen atoms in total. The number of anilines is 1. The molecule has 0 aliphatic carbocycles. The third-order valence-electron chi connectivity index (χ3n) is 3.03. The summed E-state index contributed by atoms with van der Waals surface area (Å²) in [5.41, 5.74) is 0.913. The van der Waals surface area contributed by atoms with Gasteiger partial charge in [0.15, 0.2) is 0 Å². The number of carbonyl (C=O) groups is 1. The number of ether oxygens (including phenoxy) is 1. The second-order valence-corrected chi connectivity index (χ2v) is 5.31. The van der Waals surface area contributed by atoms with Gasteiger partial charge < -0.3 is 10.1 Å². The summed E-state index contributed by atoms with van der Waals surface area (Å²) in [6.45, 7) is 3.83. The molecule has 6 heteroatoms. The molecule has 0 fully saturated rings. The fourth-order valence-corrected chi connectivity index (χ4v) is 2.14. The Morgan fingerprint density at radius 1 is 1.22 bits per heavy atom. The van der Waals surface area contributed by atoms with Crippen LogP contribution in [0.4, 0.5) is 11.4 Å². The lowest BCUT2D eigenvalue weighted by Crippen LogP contribution is -2.15. The number of carbonyl (C=O) groups excluding carboxylic acids is 1. The van der Waals surface area contributed by atoms with Crippen molar-refractivity contribution in [2.24, 2.45) is 0 Å². The molecular formula is C17H18N2O4. The monoisotopic (exact) mass is 314 g/mol. The van der Waals surface area contributed by atoms with Gasteiger partial charge in [-0.3, -0.25) is 14.9 Å². The van der Waals surface area contributed by atoms with Gasteiger partial charge in [0.2, 0.25) is 5.91 Å². The predicted molar refractivity (Wildman–Crippen MR) is 87.6 cm³/mol. The quantitative estimate of drug-likeness (QED) is 0.653. The van der Waals surface area contributed by atoms with Crippen molar-refractivity contribution in [2.75, 3.05) is 5.32 Å². The van der Waals surface area contributed by atoms with Crippen molar-refractivity contribution in [1.29, 1.82) is 0 Å². The molecule has 0 aliphatic heterocycles. The Morgan fingerprint density at radius 3 is 2.65 bits per heavy atom. The van der Waals surface area contributed by atoms with Gasteiger partial charge in [0.25, 0.3) is 5.69 Å². The molecule has 0 unspecified atom stereocenters. The second kappa shape index (κ2) is 7.40. The zero-order valence-electron chi connectivity index (χ0n) is 13.0. The standard InChI is InChI=1S/C17H18N2O4/c1-12(2)23-15-8-5-7-14(11-15)18-17(20)10-13-6-3-4-9-16(13)19(21)22/h3-9,11-12H,10H2,1-2H3,(H,18,20). The van der Waals surface area contributed by atoms with Crippen molar-refractivity contribution in [1.82, 2.24) is 0 Å². The van der Waals surface area contributed by atoms with Crippen molar-refractivity contribution in [2.45, 2.75) is 26.4 Å². The number of nitro groups is 1. The van der Waals surface area contributed by atoms with Crippen LogP contribution < -0.4 is 10.1 Å². The molecule has 0 saturated heterocycles. The molecule has 0 bridgehead atoms. The molecule has 1 N–H and O–H groups in total. The first-order chi connectivity index (χ1) is 11.0. The smallest absolute Gasteiger partial charge is 0.273 e. The molecule has 120 valence electrons. The SMILES string of the molecule is CC(C)Oc1cccc(NC(=O)Cc2ccccc2[N+](=O)[O-])c1. The molecule has 2 aromatic carbocycles. The molecule has 0 atom stereocenters. The number of para-hydroxylation sites is 1. The van der Waals surface area contributed by atoms with Gasteiger partial charge >= 0.3 is 0 Å². The van der Waals surface area contributed by atoms with Crippen LogP contribution in [0.1, 0.15) is 19.4 Å². The number of nitrogens with zero attached hydrogens (tertiary/aromatic N) is 1. The van der Waals surface area contributed by atoms with Gasteiger partial charge in [-0.25, -0.2) is 0 Å². The van der Waals surface area contributed by atoms with E-state index in [4.69, 9.17) is 4.74 Å². The van der Waals surface area contributed by atoms with Crippen molar-refractivity contribution in [3.05, 3.63) is 64.2 Å². The van der Waals surface area contributed by atoms with Gasteiger partial charge in [0.05, 0.1) is 17.4 Å². The highest BCUT2D eigenvalue weighted by molar-refractivity contribution is 5.93. The lowest BCUT2D eigenvalue weighted by molar-refractivity contribution is -0.385. The third kappa shape index (κ3) is 4.81. The van der Waals surface area contributed by atoms with Crippen molar-refractivity contribution < 1.29 is 14.5 Å². The topological polar surface area (TPSA) is 81.5 Å². The van der Waals surface area contributed by atoms with E-state index in [2.05, 4.69) is 5.32 Å². The van der Waals surface area contributed by atoms with Crippen LogP contribution >= 0.6 is 0 Å². The molecule has 1 amide bonds. The molecule has 23 heavy (non-hydrogen) atoms. The van der Waals surface area contributed by atoms with Crippen molar-refractivity contribution >= 4 is 17.3 Å². The zero-order valence-corrected chi connectivity index (χ0v) is 13.0. The molecule has 0 heterocycles. The Bertz CT molecular complexity index is 713. The Labute approximate surface area is 134 Å². The number of nitro benzene ring substituents is 1. The van der Waals surface area contributed by atoms with Gasteiger partial charge in [-0.2, -0.15) is 0 Å². The Morgan fingerprint density at radius 2 is 1.96 bits per heavy atom. The summed E-state index contributed by atoms with van der Waals surface area (Å²) in [7, 11) is 0. The van der Waals surface area contributed by atoms with E-state index in [1.54, 1.807) is 42.5 Å². The van der Waals surface area contributed by atoms with E-state index in [0.717, 1.165) is 0 Å². The lowest BCUT2D eigenvalue weighted by Gasteiger charge is -2.11. The number of amides is 1. The normalized spacial score (nSPS) is 10.4. The third-order valence-corrected chi connectivity index (χ3v) is 3.03. The molecule has 2 aromatic rings. The van der Waals surface area contributed by atoms with Crippen LogP contribution in [0.5, 0.6) is 5.75 Å². The molecule has 0 saturated carbocycles. The molecule has 0 aliphatic rings. The number of hydrogen-bond acceptors (Lipinski definition) is 4. The maximum Gasteiger partial charge on any atom is 0.273 e. The van der Waals surface area contributed by atoms with E-state index in [9.17, 15) is 14.9 Å². The van der Waals surface area contributed by atoms with E-state index >= 15 is 0 Å². The van der Waals surface area contributed by atoms with Gasteiger partial charge in [0, 0.05) is 23.4 Å². The summed E-state index contributed by atoms with van der Waals surface area (Å²) >= 11 is 0. The molecule has 2 rings (SSSR count). The van der Waals surface area contributed by atoms with Crippen molar-refractivity contribution in [3.8, 4) is 5.75 Å². The number of nitrogens with one attached hydrogen (secondary N) is 1. The van der Waals surface area contributed by atoms with Gasteiger partial charge in [0.1, 0.15) is 5.75 Å². The first kappa shape index (κ1) is 16.5. The molecular weight excluding hydrogens is 296 g/mol. The predicted octanol–water partition coefficient (Wildman–Crippen LogP) is 3.56. The van der Waals surface area contributed by atoms with E-state index in [0.29, 0.717) is 17.0 Å². The molecule has 0 spiro atoms. The minimum Gasteiger partial charge on any atom is -0.491 e. The van der Waals surface area contributed by atoms with Crippen LogP contribution in [0.25, 0.3) is 0 Å². The van der Waals surface area contributed by atoms with Crippen LogP contribution in [-0.4, -0.2) is 16.9 Å². The number of rotatable bonds is 6. The van der Waals surface area contributed by atoms with Crippen LogP contribution in [0.15, 0.2) is 48.5 Å².